The van der Waals surface area contributed by atoms with Crippen LogP contribution >= 0.6 is 0 Å². The Hall–Kier alpha value is -3.93. The number of para-hydroxylation sites is 2. The van der Waals surface area contributed by atoms with E-state index in [9.17, 15) is 14.0 Å². The van der Waals surface area contributed by atoms with Gasteiger partial charge in [-0.05, 0) is 59.5 Å². The van der Waals surface area contributed by atoms with Gasteiger partial charge in [-0.25, -0.2) is 4.39 Å². The van der Waals surface area contributed by atoms with E-state index >= 15 is 0 Å². The maximum atomic E-state index is 13.4. The van der Waals surface area contributed by atoms with Crippen LogP contribution in [0.1, 0.15) is 24.5 Å². The van der Waals surface area contributed by atoms with Crippen molar-refractivity contribution >= 4 is 28.4 Å². The number of halogens is 1. The van der Waals surface area contributed by atoms with Crippen molar-refractivity contribution in [2.45, 2.75) is 26.3 Å². The number of anilines is 1. The van der Waals surface area contributed by atoms with E-state index in [2.05, 4.69) is 10.3 Å². The summed E-state index contributed by atoms with van der Waals surface area (Å²) < 4.78 is 13.4. The minimum Gasteiger partial charge on any atom is -0.354 e. The summed E-state index contributed by atoms with van der Waals surface area (Å²) in [7, 11) is 1.73. The number of rotatable bonds is 7. The van der Waals surface area contributed by atoms with E-state index in [1.54, 1.807) is 24.1 Å². The maximum absolute atomic E-state index is 13.4. The molecule has 2 amide bonds. The van der Waals surface area contributed by atoms with E-state index in [0.717, 1.165) is 33.3 Å². The lowest BCUT2D eigenvalue weighted by Gasteiger charge is -2.18. The van der Waals surface area contributed by atoms with Crippen LogP contribution in [0, 0.1) is 5.82 Å². The summed E-state index contributed by atoms with van der Waals surface area (Å²) in [5, 5.41) is 4.04. The third-order valence-corrected chi connectivity index (χ3v) is 5.79. The zero-order chi connectivity index (χ0) is 23.4. The summed E-state index contributed by atoms with van der Waals surface area (Å²) in [6, 6.07) is 21.8. The molecule has 4 aromatic rings. The third-order valence-electron chi connectivity index (χ3n) is 5.79. The molecular weight excluding hydrogens is 417 g/mol. The Morgan fingerprint density at radius 1 is 0.970 bits per heavy atom. The van der Waals surface area contributed by atoms with Crippen molar-refractivity contribution in [3.8, 4) is 11.3 Å². The monoisotopic (exact) mass is 443 g/mol. The largest absolute Gasteiger partial charge is 0.354 e. The van der Waals surface area contributed by atoms with Crippen LogP contribution in [-0.4, -0.2) is 28.7 Å². The highest BCUT2D eigenvalue weighted by atomic mass is 19.1. The number of H-pyrrole nitrogens is 1. The summed E-state index contributed by atoms with van der Waals surface area (Å²) in [6.07, 6.45) is 0.811. The van der Waals surface area contributed by atoms with Gasteiger partial charge < -0.3 is 15.2 Å². The van der Waals surface area contributed by atoms with Gasteiger partial charge in [-0.15, -0.1) is 0 Å². The molecule has 5 nitrogen and oxygen atoms in total. The molecule has 0 atom stereocenters. The first-order valence-electron chi connectivity index (χ1n) is 10.9. The molecule has 33 heavy (non-hydrogen) atoms. The number of carbonyl (C=O) groups is 2. The molecule has 0 saturated heterocycles. The van der Waals surface area contributed by atoms with Gasteiger partial charge in [0.25, 0.3) is 0 Å². The number of amides is 2. The van der Waals surface area contributed by atoms with E-state index in [-0.39, 0.29) is 24.1 Å². The van der Waals surface area contributed by atoms with Gasteiger partial charge in [0.05, 0.1) is 0 Å². The lowest BCUT2D eigenvalue weighted by atomic mass is 10.0. The summed E-state index contributed by atoms with van der Waals surface area (Å²) in [5.74, 6) is -0.433. The minimum atomic E-state index is -0.287. The van der Waals surface area contributed by atoms with Crippen molar-refractivity contribution in [3.05, 3.63) is 89.7 Å². The molecule has 0 unspecified atom stereocenters. The first kappa shape index (κ1) is 22.3. The topological polar surface area (TPSA) is 65.2 Å². The standard InChI is InChI=1S/C27H26FN3O2/c1-18(32)31(2)17-20-7-3-5-9-24(20)29-26(33)16-15-23-22-8-4-6-10-25(22)30-27(23)19-11-13-21(28)14-12-19/h3-14,30H,15-17H2,1-2H3,(H,29,33). The highest BCUT2D eigenvalue weighted by Crippen LogP contribution is 2.31. The number of nitrogens with zero attached hydrogens (tertiary/aromatic N) is 1. The first-order chi connectivity index (χ1) is 15.9. The Morgan fingerprint density at radius 3 is 2.42 bits per heavy atom. The van der Waals surface area contributed by atoms with Gasteiger partial charge in [-0.1, -0.05) is 36.4 Å². The molecule has 1 heterocycles. The van der Waals surface area contributed by atoms with Crippen molar-refractivity contribution in [3.63, 3.8) is 0 Å². The van der Waals surface area contributed by atoms with Crippen LogP contribution in [0.25, 0.3) is 22.2 Å². The summed E-state index contributed by atoms with van der Waals surface area (Å²) in [6.45, 7) is 1.93. The molecule has 0 fully saturated rings. The van der Waals surface area contributed by atoms with E-state index in [1.165, 1.54) is 19.1 Å². The molecule has 3 aromatic carbocycles. The smallest absolute Gasteiger partial charge is 0.224 e. The predicted molar refractivity (Wildman–Crippen MR) is 129 cm³/mol. The highest BCUT2D eigenvalue weighted by molar-refractivity contribution is 5.94. The van der Waals surface area contributed by atoms with Crippen molar-refractivity contribution in [1.29, 1.82) is 0 Å². The van der Waals surface area contributed by atoms with Gasteiger partial charge in [0, 0.05) is 49.2 Å². The fraction of sp³-hybridized carbons (Fsp3) is 0.185. The Bertz CT molecular complexity index is 1290. The highest BCUT2D eigenvalue weighted by Gasteiger charge is 2.16. The van der Waals surface area contributed by atoms with Crippen molar-refractivity contribution in [2.24, 2.45) is 0 Å². The molecular formula is C27H26FN3O2. The molecule has 0 aliphatic heterocycles. The van der Waals surface area contributed by atoms with E-state index in [1.807, 2.05) is 48.5 Å². The van der Waals surface area contributed by atoms with Crippen molar-refractivity contribution in [1.82, 2.24) is 9.88 Å². The molecule has 0 saturated carbocycles. The quantitative estimate of drug-likeness (QED) is 0.395. The molecule has 0 aliphatic carbocycles. The minimum absolute atomic E-state index is 0.0382. The number of aryl methyl sites for hydroxylation is 1. The average Bonchev–Trinajstić information content (AvgIpc) is 3.18. The molecule has 0 aliphatic rings. The SMILES string of the molecule is CC(=O)N(C)Cc1ccccc1NC(=O)CCc1c(-c2ccc(F)cc2)[nH]c2ccccc12. The number of hydrogen-bond acceptors (Lipinski definition) is 2. The van der Waals surface area contributed by atoms with Crippen LogP contribution in [0.3, 0.4) is 0 Å². The number of hydrogen-bond donors (Lipinski definition) is 2. The number of fused-ring (bicyclic) bond motifs is 1. The lowest BCUT2D eigenvalue weighted by Crippen LogP contribution is -2.24. The zero-order valence-corrected chi connectivity index (χ0v) is 18.7. The molecule has 2 N–H and O–H groups in total. The first-order valence-corrected chi connectivity index (χ1v) is 10.9. The molecule has 0 radical (unpaired) electrons. The molecule has 6 heteroatoms. The summed E-state index contributed by atoms with van der Waals surface area (Å²) in [5.41, 5.74) is 5.35. The van der Waals surface area contributed by atoms with E-state index in [0.29, 0.717) is 18.7 Å². The van der Waals surface area contributed by atoms with Crippen molar-refractivity contribution in [2.75, 3.05) is 12.4 Å². The van der Waals surface area contributed by atoms with Gasteiger partial charge in [-0.2, -0.15) is 0 Å². The van der Waals surface area contributed by atoms with Crippen LogP contribution in [-0.2, 0) is 22.6 Å². The van der Waals surface area contributed by atoms with Gasteiger partial charge in [-0.3, -0.25) is 9.59 Å². The normalized spacial score (nSPS) is 10.9. The zero-order valence-electron chi connectivity index (χ0n) is 18.7. The Morgan fingerprint density at radius 2 is 1.67 bits per heavy atom. The maximum Gasteiger partial charge on any atom is 0.224 e. The van der Waals surface area contributed by atoms with Crippen LogP contribution in [0.4, 0.5) is 10.1 Å². The molecule has 1 aromatic heterocycles. The van der Waals surface area contributed by atoms with Crippen LogP contribution in [0.15, 0.2) is 72.8 Å². The Kier molecular flexibility index (Phi) is 6.54. The van der Waals surface area contributed by atoms with Crippen LogP contribution in [0.5, 0.6) is 0 Å². The van der Waals surface area contributed by atoms with Gasteiger partial charge >= 0.3 is 0 Å². The Labute approximate surface area is 192 Å². The number of benzene rings is 3. The fourth-order valence-electron chi connectivity index (χ4n) is 3.92. The van der Waals surface area contributed by atoms with Crippen LogP contribution < -0.4 is 5.32 Å². The molecule has 168 valence electrons. The molecule has 4 rings (SSSR count). The fourth-order valence-corrected chi connectivity index (χ4v) is 3.92. The van der Waals surface area contributed by atoms with Gasteiger partial charge in [0.1, 0.15) is 5.82 Å². The second-order valence-electron chi connectivity index (χ2n) is 8.11. The predicted octanol–water partition coefficient (Wildman–Crippen LogP) is 5.52. The number of carbonyl (C=O) groups excluding carboxylic acids is 2. The number of aromatic nitrogens is 1. The van der Waals surface area contributed by atoms with E-state index in [4.69, 9.17) is 0 Å². The summed E-state index contributed by atoms with van der Waals surface area (Å²) in [4.78, 5) is 29.5. The second-order valence-corrected chi connectivity index (χ2v) is 8.11. The molecule has 0 spiro atoms. The van der Waals surface area contributed by atoms with Crippen LogP contribution in [0.2, 0.25) is 0 Å². The number of nitrogens with one attached hydrogen (secondary N) is 2. The van der Waals surface area contributed by atoms with E-state index < -0.39 is 0 Å². The second kappa shape index (κ2) is 9.69. The summed E-state index contributed by atoms with van der Waals surface area (Å²) >= 11 is 0. The van der Waals surface area contributed by atoms with Gasteiger partial charge in [0.2, 0.25) is 11.8 Å². The average molecular weight is 444 g/mol. The number of aromatic amines is 1. The Balaban J connectivity index is 1.54. The third kappa shape index (κ3) is 5.12. The van der Waals surface area contributed by atoms with Crippen molar-refractivity contribution < 1.29 is 14.0 Å². The lowest BCUT2D eigenvalue weighted by molar-refractivity contribution is -0.128. The van der Waals surface area contributed by atoms with Gasteiger partial charge in [0.15, 0.2) is 0 Å². The molecule has 0 bridgehead atoms.